The van der Waals surface area contributed by atoms with E-state index in [1.807, 2.05) is 0 Å². The van der Waals surface area contributed by atoms with E-state index in [1.54, 1.807) is 18.2 Å². The number of benzene rings is 1. The van der Waals surface area contributed by atoms with Gasteiger partial charge in [-0.25, -0.2) is 0 Å². The van der Waals surface area contributed by atoms with Gasteiger partial charge in [0.25, 0.3) is 11.7 Å². The molecule has 2 rings (SSSR count). The number of carbonyl (C=O) groups excluding carboxylic acids is 2. The van der Waals surface area contributed by atoms with Crippen molar-refractivity contribution in [3.05, 3.63) is 28.8 Å². The third kappa shape index (κ3) is 2.86. The van der Waals surface area contributed by atoms with Crippen LogP contribution in [0, 0.1) is 5.92 Å². The van der Waals surface area contributed by atoms with Gasteiger partial charge in [0.15, 0.2) is 0 Å². The molecule has 0 spiro atoms. The first-order valence-electron chi connectivity index (χ1n) is 6.80. The Morgan fingerprint density at radius 3 is 2.60 bits per heavy atom. The largest absolute Gasteiger partial charge is 0.314 e. The fraction of sp³-hybridized carbons (Fsp3) is 0.467. The van der Waals surface area contributed by atoms with Crippen molar-refractivity contribution >= 4 is 29.0 Å². The van der Waals surface area contributed by atoms with Crippen LogP contribution in [0.1, 0.15) is 31.1 Å². The van der Waals surface area contributed by atoms with Gasteiger partial charge >= 0.3 is 0 Å². The predicted octanol–water partition coefficient (Wildman–Crippen LogP) is 2.50. The van der Waals surface area contributed by atoms with Crippen LogP contribution in [-0.4, -0.2) is 30.8 Å². The monoisotopic (exact) mass is 294 g/mol. The second-order valence-corrected chi connectivity index (χ2v) is 5.95. The van der Waals surface area contributed by atoms with Gasteiger partial charge in [-0.3, -0.25) is 9.59 Å². The fourth-order valence-electron chi connectivity index (χ4n) is 2.30. The number of ketones is 1. The third-order valence-corrected chi connectivity index (χ3v) is 3.63. The second kappa shape index (κ2) is 5.94. The summed E-state index contributed by atoms with van der Waals surface area (Å²) in [7, 11) is 0. The van der Waals surface area contributed by atoms with Crippen molar-refractivity contribution in [2.24, 2.45) is 5.92 Å². The molecule has 1 aromatic carbocycles. The maximum atomic E-state index is 12.1. The normalized spacial score (nSPS) is 15.9. The molecule has 1 amide bonds. The zero-order valence-corrected chi connectivity index (χ0v) is 12.7. The van der Waals surface area contributed by atoms with Crippen LogP contribution in [0.4, 0.5) is 5.69 Å². The number of fused-ring (bicyclic) bond motifs is 1. The highest BCUT2D eigenvalue weighted by Gasteiger charge is 2.37. The highest BCUT2D eigenvalue weighted by molar-refractivity contribution is 6.55. The summed E-state index contributed by atoms with van der Waals surface area (Å²) in [6.07, 6.45) is 0. The molecule has 20 heavy (non-hydrogen) atoms. The lowest BCUT2D eigenvalue weighted by atomic mass is 10.1. The number of anilines is 1. The van der Waals surface area contributed by atoms with E-state index in [4.69, 9.17) is 11.6 Å². The molecule has 1 N–H and O–H groups in total. The first kappa shape index (κ1) is 15.0. The number of nitrogens with one attached hydrogen (secondary N) is 1. The number of halogens is 1. The predicted molar refractivity (Wildman–Crippen MR) is 80.4 cm³/mol. The van der Waals surface area contributed by atoms with Gasteiger partial charge in [-0.05, 0) is 24.6 Å². The van der Waals surface area contributed by atoms with Gasteiger partial charge in [-0.1, -0.05) is 38.4 Å². The Labute approximate surface area is 124 Å². The molecule has 1 aliphatic rings. The molecule has 0 aromatic heterocycles. The minimum Gasteiger partial charge on any atom is -0.314 e. The zero-order chi connectivity index (χ0) is 14.9. The number of hydrogen-bond donors (Lipinski definition) is 1. The number of Topliss-reactive ketones (excluding diaryl/α,β-unsaturated/α-hetero) is 1. The molecular formula is C15H19ClN2O2. The number of rotatable bonds is 5. The third-order valence-electron chi connectivity index (χ3n) is 3.32. The van der Waals surface area contributed by atoms with Gasteiger partial charge < -0.3 is 10.2 Å². The van der Waals surface area contributed by atoms with E-state index in [-0.39, 0.29) is 5.92 Å². The van der Waals surface area contributed by atoms with Crippen LogP contribution < -0.4 is 10.2 Å². The van der Waals surface area contributed by atoms with Crippen molar-refractivity contribution in [3.63, 3.8) is 0 Å². The number of hydrogen-bond acceptors (Lipinski definition) is 3. The molecule has 108 valence electrons. The molecule has 0 fully saturated rings. The summed E-state index contributed by atoms with van der Waals surface area (Å²) in [6.45, 7) is 7.51. The second-order valence-electron chi connectivity index (χ2n) is 5.55. The SMILES string of the molecule is CC(CNC(C)C)CN1C(=O)C(=O)c2c(Cl)cccc21. The lowest BCUT2D eigenvalue weighted by Crippen LogP contribution is -2.38. The Bertz CT molecular complexity index is 543. The van der Waals surface area contributed by atoms with Crippen LogP contribution in [0.25, 0.3) is 0 Å². The average Bonchev–Trinajstić information content (AvgIpc) is 2.63. The Hall–Kier alpha value is -1.39. The first-order valence-corrected chi connectivity index (χ1v) is 7.17. The highest BCUT2D eigenvalue weighted by atomic mass is 35.5. The van der Waals surface area contributed by atoms with Gasteiger partial charge in [-0.2, -0.15) is 0 Å². The van der Waals surface area contributed by atoms with Gasteiger partial charge in [-0.15, -0.1) is 0 Å². The Kier molecular flexibility index (Phi) is 4.45. The molecule has 1 unspecified atom stereocenters. The topological polar surface area (TPSA) is 49.4 Å². The maximum Gasteiger partial charge on any atom is 0.299 e. The highest BCUT2D eigenvalue weighted by Crippen LogP contribution is 2.34. The van der Waals surface area contributed by atoms with Crippen molar-refractivity contribution in [2.45, 2.75) is 26.8 Å². The van der Waals surface area contributed by atoms with Gasteiger partial charge in [0.05, 0.1) is 16.3 Å². The zero-order valence-electron chi connectivity index (χ0n) is 11.9. The lowest BCUT2D eigenvalue weighted by Gasteiger charge is -2.22. The van der Waals surface area contributed by atoms with Crippen molar-refractivity contribution in [2.75, 3.05) is 18.0 Å². The number of nitrogens with zero attached hydrogens (tertiary/aromatic N) is 1. The first-order chi connectivity index (χ1) is 9.41. The molecule has 4 nitrogen and oxygen atoms in total. The summed E-state index contributed by atoms with van der Waals surface area (Å²) in [6, 6.07) is 5.57. The van der Waals surface area contributed by atoms with E-state index < -0.39 is 11.7 Å². The van der Waals surface area contributed by atoms with Gasteiger partial charge in [0, 0.05) is 12.6 Å². The summed E-state index contributed by atoms with van der Waals surface area (Å²) in [4.78, 5) is 25.6. The summed E-state index contributed by atoms with van der Waals surface area (Å²) in [5.41, 5.74) is 0.965. The lowest BCUT2D eigenvalue weighted by molar-refractivity contribution is -0.114. The van der Waals surface area contributed by atoms with E-state index in [1.165, 1.54) is 4.90 Å². The molecule has 0 saturated heterocycles. The quantitative estimate of drug-likeness (QED) is 0.849. The van der Waals surface area contributed by atoms with E-state index in [2.05, 4.69) is 26.1 Å². The van der Waals surface area contributed by atoms with E-state index in [9.17, 15) is 9.59 Å². The van der Waals surface area contributed by atoms with Crippen LogP contribution in [-0.2, 0) is 4.79 Å². The van der Waals surface area contributed by atoms with Crippen molar-refractivity contribution < 1.29 is 9.59 Å². The summed E-state index contributed by atoms with van der Waals surface area (Å²) in [5.74, 6) is -0.738. The molecule has 5 heteroatoms. The van der Waals surface area contributed by atoms with Gasteiger partial charge in [0.1, 0.15) is 0 Å². The van der Waals surface area contributed by atoms with E-state index in [0.717, 1.165) is 6.54 Å². The standard InChI is InChI=1S/C15H19ClN2O2/c1-9(2)17-7-10(3)8-18-12-6-4-5-11(16)13(12)14(19)15(18)20/h4-6,9-10,17H,7-8H2,1-3H3. The van der Waals surface area contributed by atoms with Crippen LogP contribution in [0.15, 0.2) is 18.2 Å². The molecule has 0 aliphatic carbocycles. The van der Waals surface area contributed by atoms with Crippen molar-refractivity contribution in [1.29, 1.82) is 0 Å². The molecule has 0 radical (unpaired) electrons. The fourth-order valence-corrected chi connectivity index (χ4v) is 2.55. The molecule has 1 atom stereocenters. The van der Waals surface area contributed by atoms with E-state index >= 15 is 0 Å². The molecule has 1 heterocycles. The molecule has 1 aromatic rings. The molecule has 0 saturated carbocycles. The molecular weight excluding hydrogens is 276 g/mol. The van der Waals surface area contributed by atoms with Crippen LogP contribution >= 0.6 is 11.6 Å². The summed E-state index contributed by atoms with van der Waals surface area (Å²) in [5, 5.41) is 3.68. The summed E-state index contributed by atoms with van der Waals surface area (Å²) < 4.78 is 0. The van der Waals surface area contributed by atoms with Crippen LogP contribution in [0.2, 0.25) is 5.02 Å². The smallest absolute Gasteiger partial charge is 0.299 e. The Morgan fingerprint density at radius 2 is 1.95 bits per heavy atom. The molecule has 0 bridgehead atoms. The number of carbonyl (C=O) groups is 2. The number of amides is 1. The Morgan fingerprint density at radius 1 is 1.25 bits per heavy atom. The molecule has 1 aliphatic heterocycles. The van der Waals surface area contributed by atoms with Crippen LogP contribution in [0.5, 0.6) is 0 Å². The van der Waals surface area contributed by atoms with Crippen molar-refractivity contribution in [3.8, 4) is 0 Å². The van der Waals surface area contributed by atoms with Crippen LogP contribution in [0.3, 0.4) is 0 Å². The van der Waals surface area contributed by atoms with Crippen molar-refractivity contribution in [1.82, 2.24) is 5.32 Å². The minimum atomic E-state index is -0.505. The minimum absolute atomic E-state index is 0.249. The van der Waals surface area contributed by atoms with Gasteiger partial charge in [0.2, 0.25) is 0 Å². The maximum absolute atomic E-state index is 12.1. The Balaban J connectivity index is 2.16. The van der Waals surface area contributed by atoms with E-state index in [0.29, 0.717) is 28.9 Å². The average molecular weight is 295 g/mol. The summed E-state index contributed by atoms with van der Waals surface area (Å²) >= 11 is 6.02.